The van der Waals surface area contributed by atoms with Crippen LogP contribution in [0.3, 0.4) is 0 Å². The SMILES string of the molecule is CCCC[C@@H](c1ccc(Cl)c(Br)c1)N1CCNCC1. The minimum atomic E-state index is 0.524. The van der Waals surface area contributed by atoms with Gasteiger partial charge in [-0.1, -0.05) is 37.4 Å². The molecular weight excluding hydrogens is 324 g/mol. The number of rotatable bonds is 5. The molecule has 19 heavy (non-hydrogen) atoms. The molecule has 1 aliphatic rings. The molecule has 0 radical (unpaired) electrons. The summed E-state index contributed by atoms with van der Waals surface area (Å²) in [5, 5.41) is 4.22. The summed E-state index contributed by atoms with van der Waals surface area (Å²) in [5.74, 6) is 0. The lowest BCUT2D eigenvalue weighted by atomic mass is 9.99. The maximum atomic E-state index is 6.10. The first-order valence-electron chi connectivity index (χ1n) is 7.12. The van der Waals surface area contributed by atoms with Gasteiger partial charge >= 0.3 is 0 Å². The number of halogens is 2. The van der Waals surface area contributed by atoms with Crippen molar-refractivity contribution in [1.29, 1.82) is 0 Å². The van der Waals surface area contributed by atoms with Gasteiger partial charge in [0.05, 0.1) is 5.02 Å². The molecule has 0 aromatic heterocycles. The van der Waals surface area contributed by atoms with E-state index in [-0.39, 0.29) is 0 Å². The van der Waals surface area contributed by atoms with Crippen LogP contribution in [-0.2, 0) is 0 Å². The smallest absolute Gasteiger partial charge is 0.0548 e. The number of hydrogen-bond acceptors (Lipinski definition) is 2. The fraction of sp³-hybridized carbons (Fsp3) is 0.600. The van der Waals surface area contributed by atoms with Gasteiger partial charge in [-0.3, -0.25) is 4.90 Å². The molecule has 1 N–H and O–H groups in total. The third-order valence-electron chi connectivity index (χ3n) is 3.75. The molecule has 1 fully saturated rings. The largest absolute Gasteiger partial charge is 0.314 e. The number of benzene rings is 1. The fourth-order valence-electron chi connectivity index (χ4n) is 2.67. The van der Waals surface area contributed by atoms with E-state index in [1.165, 1.54) is 24.8 Å². The summed E-state index contributed by atoms with van der Waals surface area (Å²) in [6.45, 7) is 6.71. The molecule has 0 bridgehead atoms. The van der Waals surface area contributed by atoms with Crippen LogP contribution in [-0.4, -0.2) is 31.1 Å². The van der Waals surface area contributed by atoms with Crippen LogP contribution < -0.4 is 5.32 Å². The molecule has 1 aliphatic heterocycles. The Hall–Kier alpha value is -0.0900. The van der Waals surface area contributed by atoms with Gasteiger partial charge in [-0.05, 0) is 40.0 Å². The quantitative estimate of drug-likeness (QED) is 0.858. The Morgan fingerprint density at radius 1 is 1.37 bits per heavy atom. The van der Waals surface area contributed by atoms with Crippen LogP contribution in [0.25, 0.3) is 0 Å². The van der Waals surface area contributed by atoms with Crippen LogP contribution in [0.1, 0.15) is 37.8 Å². The normalized spacial score (nSPS) is 18.5. The van der Waals surface area contributed by atoms with Gasteiger partial charge in [-0.25, -0.2) is 0 Å². The van der Waals surface area contributed by atoms with Crippen LogP contribution in [0.5, 0.6) is 0 Å². The van der Waals surface area contributed by atoms with Crippen molar-refractivity contribution in [2.24, 2.45) is 0 Å². The monoisotopic (exact) mass is 344 g/mol. The van der Waals surface area contributed by atoms with Crippen molar-refractivity contribution in [2.75, 3.05) is 26.2 Å². The Bertz CT molecular complexity index is 405. The molecule has 0 saturated carbocycles. The van der Waals surface area contributed by atoms with Gasteiger partial charge < -0.3 is 5.32 Å². The number of nitrogens with one attached hydrogen (secondary N) is 1. The van der Waals surface area contributed by atoms with Gasteiger partial charge in [-0.2, -0.15) is 0 Å². The van der Waals surface area contributed by atoms with Crippen molar-refractivity contribution in [3.8, 4) is 0 Å². The Kier molecular flexibility index (Phi) is 6.14. The fourth-order valence-corrected chi connectivity index (χ4v) is 3.19. The molecule has 1 saturated heterocycles. The van der Waals surface area contributed by atoms with E-state index in [1.807, 2.05) is 6.07 Å². The number of piperazine rings is 1. The second-order valence-electron chi connectivity index (χ2n) is 5.12. The Morgan fingerprint density at radius 3 is 2.74 bits per heavy atom. The first kappa shape index (κ1) is 15.3. The highest BCUT2D eigenvalue weighted by Crippen LogP contribution is 2.31. The van der Waals surface area contributed by atoms with E-state index in [2.05, 4.69) is 45.2 Å². The predicted molar refractivity (Wildman–Crippen MR) is 85.9 cm³/mol. The third-order valence-corrected chi connectivity index (χ3v) is 4.97. The first-order chi connectivity index (χ1) is 9.22. The van der Waals surface area contributed by atoms with Crippen molar-refractivity contribution < 1.29 is 0 Å². The van der Waals surface area contributed by atoms with E-state index in [1.54, 1.807) is 0 Å². The van der Waals surface area contributed by atoms with E-state index in [4.69, 9.17) is 11.6 Å². The lowest BCUT2D eigenvalue weighted by Gasteiger charge is -2.35. The molecule has 0 spiro atoms. The van der Waals surface area contributed by atoms with Crippen LogP contribution >= 0.6 is 27.5 Å². The zero-order valence-electron chi connectivity index (χ0n) is 11.5. The summed E-state index contributed by atoms with van der Waals surface area (Å²) in [4.78, 5) is 2.60. The van der Waals surface area contributed by atoms with Crippen molar-refractivity contribution in [3.05, 3.63) is 33.3 Å². The van der Waals surface area contributed by atoms with Crippen LogP contribution in [0.15, 0.2) is 22.7 Å². The molecule has 106 valence electrons. The van der Waals surface area contributed by atoms with Gasteiger partial charge in [0.25, 0.3) is 0 Å². The Balaban J connectivity index is 2.17. The highest BCUT2D eigenvalue weighted by atomic mass is 79.9. The molecule has 0 unspecified atom stereocenters. The van der Waals surface area contributed by atoms with Crippen LogP contribution in [0.4, 0.5) is 0 Å². The zero-order valence-corrected chi connectivity index (χ0v) is 13.8. The second-order valence-corrected chi connectivity index (χ2v) is 6.38. The van der Waals surface area contributed by atoms with Crippen molar-refractivity contribution in [3.63, 3.8) is 0 Å². The minimum absolute atomic E-state index is 0.524. The van der Waals surface area contributed by atoms with E-state index >= 15 is 0 Å². The first-order valence-corrected chi connectivity index (χ1v) is 8.29. The molecular formula is C15H22BrClN2. The average Bonchev–Trinajstić information content (AvgIpc) is 2.44. The summed E-state index contributed by atoms with van der Waals surface area (Å²) in [5.41, 5.74) is 1.38. The van der Waals surface area contributed by atoms with E-state index < -0.39 is 0 Å². The molecule has 1 atom stereocenters. The third kappa shape index (κ3) is 4.19. The molecule has 2 nitrogen and oxygen atoms in total. The predicted octanol–water partition coefficient (Wildman–Crippen LogP) is 4.24. The lowest BCUT2D eigenvalue weighted by molar-refractivity contribution is 0.163. The van der Waals surface area contributed by atoms with Gasteiger partial charge in [0.15, 0.2) is 0 Å². The van der Waals surface area contributed by atoms with Crippen molar-refractivity contribution in [1.82, 2.24) is 10.2 Å². The average molecular weight is 346 g/mol. The maximum Gasteiger partial charge on any atom is 0.0548 e. The van der Waals surface area contributed by atoms with E-state index in [0.717, 1.165) is 35.7 Å². The Labute approximate surface area is 129 Å². The molecule has 1 aromatic rings. The summed E-state index contributed by atoms with van der Waals surface area (Å²) < 4.78 is 1.00. The zero-order chi connectivity index (χ0) is 13.7. The van der Waals surface area contributed by atoms with Gasteiger partial charge in [0.1, 0.15) is 0 Å². The highest BCUT2D eigenvalue weighted by Gasteiger charge is 2.22. The standard InChI is InChI=1S/C15H22BrClN2/c1-2-3-4-15(19-9-7-18-8-10-19)12-5-6-14(17)13(16)11-12/h5-6,11,15,18H,2-4,7-10H2,1H3/t15-/m0/s1. The second kappa shape index (κ2) is 7.63. The molecule has 1 aromatic carbocycles. The summed E-state index contributed by atoms with van der Waals surface area (Å²) in [6.07, 6.45) is 3.75. The van der Waals surface area contributed by atoms with Crippen molar-refractivity contribution in [2.45, 2.75) is 32.2 Å². The summed E-state index contributed by atoms with van der Waals surface area (Å²) in [7, 11) is 0. The van der Waals surface area contributed by atoms with E-state index in [9.17, 15) is 0 Å². The van der Waals surface area contributed by atoms with Crippen molar-refractivity contribution >= 4 is 27.5 Å². The molecule has 2 rings (SSSR count). The van der Waals surface area contributed by atoms with Gasteiger partial charge in [0.2, 0.25) is 0 Å². The lowest BCUT2D eigenvalue weighted by Crippen LogP contribution is -2.45. The number of unbranched alkanes of at least 4 members (excludes halogenated alkanes) is 1. The molecule has 0 aliphatic carbocycles. The van der Waals surface area contributed by atoms with Crippen LogP contribution in [0, 0.1) is 0 Å². The Morgan fingerprint density at radius 2 is 2.11 bits per heavy atom. The highest BCUT2D eigenvalue weighted by molar-refractivity contribution is 9.10. The topological polar surface area (TPSA) is 15.3 Å². The van der Waals surface area contributed by atoms with E-state index in [0.29, 0.717) is 6.04 Å². The number of nitrogens with zero attached hydrogens (tertiary/aromatic N) is 1. The molecule has 0 amide bonds. The summed E-state index contributed by atoms with van der Waals surface area (Å²) in [6, 6.07) is 6.89. The molecule has 1 heterocycles. The molecule has 4 heteroatoms. The number of hydrogen-bond donors (Lipinski definition) is 1. The minimum Gasteiger partial charge on any atom is -0.314 e. The summed E-state index contributed by atoms with van der Waals surface area (Å²) >= 11 is 9.65. The van der Waals surface area contributed by atoms with Crippen LogP contribution in [0.2, 0.25) is 5.02 Å². The van der Waals surface area contributed by atoms with Gasteiger partial charge in [0, 0.05) is 36.7 Å². The maximum absolute atomic E-state index is 6.10. The van der Waals surface area contributed by atoms with Gasteiger partial charge in [-0.15, -0.1) is 0 Å².